The first-order valence-corrected chi connectivity index (χ1v) is 8.13. The van der Waals surface area contributed by atoms with Crippen LogP contribution in [0.4, 0.5) is 4.79 Å². The van der Waals surface area contributed by atoms with Crippen molar-refractivity contribution in [2.24, 2.45) is 0 Å². The van der Waals surface area contributed by atoms with E-state index in [1.165, 1.54) is 21.3 Å². The lowest BCUT2D eigenvalue weighted by atomic mass is 10.0. The van der Waals surface area contributed by atoms with Crippen LogP contribution in [0.3, 0.4) is 0 Å². The van der Waals surface area contributed by atoms with E-state index in [1.54, 1.807) is 32.9 Å². The minimum atomic E-state index is -1.14. The molecule has 26 heavy (non-hydrogen) atoms. The summed E-state index contributed by atoms with van der Waals surface area (Å²) >= 11 is 0. The zero-order valence-electron chi connectivity index (χ0n) is 16.0. The molecule has 0 aromatic heterocycles. The van der Waals surface area contributed by atoms with Crippen LogP contribution in [0.25, 0.3) is 0 Å². The summed E-state index contributed by atoms with van der Waals surface area (Å²) in [6.45, 7) is 5.12. The largest absolute Gasteiger partial charge is 0.493 e. The van der Waals surface area contributed by atoms with Crippen LogP contribution in [0.1, 0.15) is 32.8 Å². The third-order valence-corrected chi connectivity index (χ3v) is 3.48. The lowest BCUT2D eigenvalue weighted by Gasteiger charge is -2.22. The molecule has 0 saturated heterocycles. The van der Waals surface area contributed by atoms with E-state index in [9.17, 15) is 14.7 Å². The molecule has 0 radical (unpaired) electrons. The number of methoxy groups -OCH3 is 3. The Morgan fingerprint density at radius 2 is 1.69 bits per heavy atom. The van der Waals surface area contributed by atoms with Gasteiger partial charge in [-0.3, -0.25) is 0 Å². The van der Waals surface area contributed by atoms with Crippen molar-refractivity contribution in [2.75, 3.05) is 21.3 Å². The number of rotatable bonds is 8. The molecular formula is C18H27NO7. The van der Waals surface area contributed by atoms with Gasteiger partial charge in [0.15, 0.2) is 11.5 Å². The van der Waals surface area contributed by atoms with Crippen LogP contribution in [0.5, 0.6) is 17.2 Å². The van der Waals surface area contributed by atoms with Crippen LogP contribution >= 0.6 is 0 Å². The smallest absolute Gasteiger partial charge is 0.408 e. The molecule has 8 nitrogen and oxygen atoms in total. The first kappa shape index (κ1) is 21.4. The molecule has 1 amide bonds. The minimum absolute atomic E-state index is 0.153. The molecule has 1 aromatic rings. The quantitative estimate of drug-likeness (QED) is 0.726. The number of carboxylic acid groups (broad SMARTS) is 1. The van der Waals surface area contributed by atoms with Gasteiger partial charge in [-0.15, -0.1) is 0 Å². The zero-order chi connectivity index (χ0) is 19.9. The van der Waals surface area contributed by atoms with Gasteiger partial charge in [0, 0.05) is 0 Å². The van der Waals surface area contributed by atoms with Gasteiger partial charge < -0.3 is 29.4 Å². The van der Waals surface area contributed by atoms with E-state index in [2.05, 4.69) is 5.32 Å². The third kappa shape index (κ3) is 6.02. The number of benzene rings is 1. The molecule has 146 valence electrons. The van der Waals surface area contributed by atoms with Crippen molar-refractivity contribution >= 4 is 12.1 Å². The van der Waals surface area contributed by atoms with E-state index < -0.39 is 23.7 Å². The summed E-state index contributed by atoms with van der Waals surface area (Å²) in [5.74, 6) is 0.262. The third-order valence-electron chi connectivity index (χ3n) is 3.48. The van der Waals surface area contributed by atoms with Gasteiger partial charge in [0.25, 0.3) is 0 Å². The van der Waals surface area contributed by atoms with E-state index in [0.717, 1.165) is 5.56 Å². The average molecular weight is 369 g/mol. The topological polar surface area (TPSA) is 103 Å². The predicted molar refractivity (Wildman–Crippen MR) is 95.2 cm³/mol. The van der Waals surface area contributed by atoms with Crippen molar-refractivity contribution in [3.05, 3.63) is 17.7 Å². The Hall–Kier alpha value is -2.64. The first-order valence-electron chi connectivity index (χ1n) is 8.13. The number of amides is 1. The Labute approximate surface area is 153 Å². The molecule has 0 spiro atoms. The normalized spacial score (nSPS) is 12.1. The fourth-order valence-corrected chi connectivity index (χ4v) is 2.37. The lowest BCUT2D eigenvalue weighted by Crippen LogP contribution is -2.43. The number of ether oxygens (including phenoxy) is 4. The number of carbonyl (C=O) groups is 2. The van der Waals surface area contributed by atoms with Crippen LogP contribution in [-0.2, 0) is 16.0 Å². The molecule has 0 bridgehead atoms. The summed E-state index contributed by atoms with van der Waals surface area (Å²) < 4.78 is 21.0. The number of aliphatic carboxylic acids is 1. The molecule has 8 heteroatoms. The van der Waals surface area contributed by atoms with Crippen molar-refractivity contribution < 1.29 is 33.6 Å². The average Bonchev–Trinajstić information content (AvgIpc) is 2.55. The van der Waals surface area contributed by atoms with E-state index in [-0.39, 0.29) is 6.42 Å². The minimum Gasteiger partial charge on any atom is -0.493 e. The van der Waals surface area contributed by atoms with Gasteiger partial charge >= 0.3 is 12.1 Å². The van der Waals surface area contributed by atoms with E-state index in [4.69, 9.17) is 18.9 Å². The molecule has 0 aliphatic rings. The van der Waals surface area contributed by atoms with Gasteiger partial charge in [-0.1, -0.05) is 6.07 Å². The molecule has 0 aliphatic carbocycles. The van der Waals surface area contributed by atoms with Crippen LogP contribution in [0, 0.1) is 0 Å². The fourth-order valence-electron chi connectivity index (χ4n) is 2.37. The van der Waals surface area contributed by atoms with Gasteiger partial charge in [-0.05, 0) is 45.2 Å². The van der Waals surface area contributed by atoms with E-state index >= 15 is 0 Å². The Kier molecular flexibility index (Phi) is 7.55. The highest BCUT2D eigenvalue weighted by atomic mass is 16.6. The number of nitrogens with one attached hydrogen (secondary N) is 1. The van der Waals surface area contributed by atoms with Crippen LogP contribution in [0.2, 0.25) is 0 Å². The molecule has 0 fully saturated rings. The number of alkyl carbamates (subject to hydrolysis) is 1. The Balaban J connectivity index is 2.90. The van der Waals surface area contributed by atoms with Crippen molar-refractivity contribution in [3.63, 3.8) is 0 Å². The van der Waals surface area contributed by atoms with Crippen LogP contribution in [-0.4, -0.2) is 50.1 Å². The maximum absolute atomic E-state index is 11.8. The number of carboxylic acids is 1. The molecular weight excluding hydrogens is 342 g/mol. The van der Waals surface area contributed by atoms with Crippen molar-refractivity contribution in [1.29, 1.82) is 0 Å². The van der Waals surface area contributed by atoms with E-state index in [1.807, 2.05) is 0 Å². The van der Waals surface area contributed by atoms with Gasteiger partial charge in [0.2, 0.25) is 5.75 Å². The van der Waals surface area contributed by atoms with Crippen molar-refractivity contribution in [2.45, 2.75) is 45.3 Å². The number of hydrogen-bond donors (Lipinski definition) is 2. The monoisotopic (exact) mass is 369 g/mol. The second-order valence-electron chi connectivity index (χ2n) is 6.57. The molecule has 1 atom stereocenters. The summed E-state index contributed by atoms with van der Waals surface area (Å²) in [7, 11) is 4.50. The molecule has 0 heterocycles. The molecule has 1 aromatic carbocycles. The summed E-state index contributed by atoms with van der Waals surface area (Å²) in [5, 5.41) is 11.7. The van der Waals surface area contributed by atoms with Crippen LogP contribution < -0.4 is 19.5 Å². The summed E-state index contributed by atoms with van der Waals surface area (Å²) in [6.07, 6.45) is -0.277. The Morgan fingerprint density at radius 1 is 1.08 bits per heavy atom. The van der Waals surface area contributed by atoms with Gasteiger partial charge in [0.05, 0.1) is 21.3 Å². The summed E-state index contributed by atoms with van der Waals surface area (Å²) in [6, 6.07) is 2.39. The number of hydrogen-bond acceptors (Lipinski definition) is 6. The molecule has 1 rings (SSSR count). The maximum atomic E-state index is 11.8. The lowest BCUT2D eigenvalue weighted by molar-refractivity contribution is -0.139. The number of aryl methyl sites for hydroxylation is 1. The Morgan fingerprint density at radius 3 is 2.15 bits per heavy atom. The molecule has 2 N–H and O–H groups in total. The summed E-state index contributed by atoms with van der Waals surface area (Å²) in [5.41, 5.74) is 0.0297. The fraction of sp³-hybridized carbons (Fsp3) is 0.556. The highest BCUT2D eigenvalue weighted by Gasteiger charge is 2.25. The summed E-state index contributed by atoms with van der Waals surface area (Å²) in [4.78, 5) is 23.3. The highest BCUT2D eigenvalue weighted by molar-refractivity contribution is 5.80. The van der Waals surface area contributed by atoms with Gasteiger partial charge in [0.1, 0.15) is 11.6 Å². The molecule has 0 aliphatic heterocycles. The van der Waals surface area contributed by atoms with E-state index in [0.29, 0.717) is 23.7 Å². The maximum Gasteiger partial charge on any atom is 0.408 e. The predicted octanol–water partition coefficient (Wildman–Crippen LogP) is 2.62. The highest BCUT2D eigenvalue weighted by Crippen LogP contribution is 2.40. The Bertz CT molecular complexity index is 637. The molecule has 1 unspecified atom stereocenters. The van der Waals surface area contributed by atoms with Gasteiger partial charge in [-0.2, -0.15) is 0 Å². The van der Waals surface area contributed by atoms with Crippen molar-refractivity contribution in [1.82, 2.24) is 5.32 Å². The second kappa shape index (κ2) is 9.17. The first-order chi connectivity index (χ1) is 12.1. The molecule has 0 saturated carbocycles. The number of carbonyl (C=O) groups excluding carboxylic acids is 1. The standard InChI is InChI=1S/C18H27NO7/c1-18(2,3)26-17(22)19-12(16(20)21)9-7-11-8-10-13(23-4)15(25-6)14(11)24-5/h8,10,12H,7,9H2,1-6H3,(H,19,22)(H,20,21). The second-order valence-corrected chi connectivity index (χ2v) is 6.57. The SMILES string of the molecule is COc1ccc(CCC(NC(=O)OC(C)(C)C)C(=O)O)c(OC)c1OC. The van der Waals surface area contributed by atoms with Crippen molar-refractivity contribution in [3.8, 4) is 17.2 Å². The van der Waals surface area contributed by atoms with Crippen LogP contribution in [0.15, 0.2) is 12.1 Å². The zero-order valence-corrected chi connectivity index (χ0v) is 16.0. The van der Waals surface area contributed by atoms with Gasteiger partial charge in [-0.25, -0.2) is 9.59 Å².